The Morgan fingerprint density at radius 2 is 1.65 bits per heavy atom. The summed E-state index contributed by atoms with van der Waals surface area (Å²) in [6.45, 7) is 12.3. The van der Waals surface area contributed by atoms with E-state index in [4.69, 9.17) is 0 Å². The first-order valence-corrected chi connectivity index (χ1v) is 10.9. The molecule has 0 heterocycles. The number of fused-ring (bicyclic) bond motifs is 5. The summed E-state index contributed by atoms with van der Waals surface area (Å²) in [6.07, 6.45) is 12.2. The molecule has 0 aromatic heterocycles. The molecule has 26 heavy (non-hydrogen) atoms. The van der Waals surface area contributed by atoms with Crippen molar-refractivity contribution in [3.8, 4) is 0 Å². The second kappa shape index (κ2) is 5.69. The van der Waals surface area contributed by atoms with Crippen molar-refractivity contribution in [1.82, 2.24) is 0 Å². The van der Waals surface area contributed by atoms with Crippen molar-refractivity contribution in [3.63, 3.8) is 0 Å². The smallest absolute Gasteiger partial charge is 0.145 e. The maximum atomic E-state index is 11.4. The van der Waals surface area contributed by atoms with Crippen molar-refractivity contribution in [2.45, 2.75) is 92.1 Å². The van der Waals surface area contributed by atoms with Gasteiger partial charge in [0.15, 0.2) is 0 Å². The van der Waals surface area contributed by atoms with Crippen LogP contribution >= 0.6 is 0 Å². The molecule has 0 amide bonds. The molecule has 0 aliphatic heterocycles. The minimum Gasteiger partial charge on any atom is -0.393 e. The van der Waals surface area contributed by atoms with Crippen LogP contribution in [0.4, 0.5) is 0 Å². The van der Waals surface area contributed by atoms with Gasteiger partial charge in [0.1, 0.15) is 6.29 Å². The Labute approximate surface area is 159 Å². The predicted octanol–water partition coefficient (Wildman–Crippen LogP) is 5.54. The molecule has 7 atom stereocenters. The maximum Gasteiger partial charge on any atom is 0.145 e. The normalized spacial score (nSPS) is 52.9. The second-order valence-corrected chi connectivity index (χ2v) is 11.6. The van der Waals surface area contributed by atoms with Crippen LogP contribution in [0.2, 0.25) is 0 Å². The number of carbonyl (C=O) groups is 1. The van der Waals surface area contributed by atoms with Crippen LogP contribution in [0.15, 0.2) is 11.6 Å². The molecule has 146 valence electrons. The zero-order chi connectivity index (χ0) is 19.0. The molecule has 2 heteroatoms. The highest BCUT2D eigenvalue weighted by Gasteiger charge is 2.66. The topological polar surface area (TPSA) is 37.3 Å². The summed E-state index contributed by atoms with van der Waals surface area (Å²) in [5.41, 5.74) is 1.84. The molecule has 0 saturated heterocycles. The molecule has 1 N–H and O–H groups in total. The van der Waals surface area contributed by atoms with Crippen LogP contribution in [-0.2, 0) is 4.79 Å². The minimum absolute atomic E-state index is 0.135. The van der Waals surface area contributed by atoms with Crippen LogP contribution in [-0.4, -0.2) is 17.5 Å². The van der Waals surface area contributed by atoms with Crippen molar-refractivity contribution >= 4 is 6.29 Å². The molecular weight excluding hydrogens is 320 g/mol. The number of aliphatic hydroxyl groups excluding tert-OH is 1. The van der Waals surface area contributed by atoms with Gasteiger partial charge in [-0.25, -0.2) is 0 Å². The van der Waals surface area contributed by atoms with Crippen LogP contribution in [0.5, 0.6) is 0 Å². The van der Waals surface area contributed by atoms with Crippen LogP contribution in [0.3, 0.4) is 0 Å². The lowest BCUT2D eigenvalue weighted by Crippen LogP contribution is -2.64. The van der Waals surface area contributed by atoms with Crippen LogP contribution in [0.1, 0.15) is 86.0 Å². The molecule has 4 aliphatic carbocycles. The summed E-state index contributed by atoms with van der Waals surface area (Å²) in [5.74, 6) is 1.88. The van der Waals surface area contributed by atoms with Gasteiger partial charge in [-0.2, -0.15) is 0 Å². The number of hydrogen-bond donors (Lipinski definition) is 1. The minimum atomic E-state index is -0.283. The van der Waals surface area contributed by atoms with Gasteiger partial charge in [-0.3, -0.25) is 4.79 Å². The van der Waals surface area contributed by atoms with E-state index < -0.39 is 0 Å². The van der Waals surface area contributed by atoms with Crippen molar-refractivity contribution in [2.75, 3.05) is 0 Å². The van der Waals surface area contributed by atoms with E-state index in [1.807, 2.05) is 0 Å². The van der Waals surface area contributed by atoms with Crippen molar-refractivity contribution in [3.05, 3.63) is 11.6 Å². The Kier molecular flexibility index (Phi) is 4.10. The number of rotatable bonds is 1. The SMILES string of the molecule is CC1(C)CCC[C@]2(C)[C@H]3C[C@@H](O)[C@]4(C)CC(C=O)=CC[C@H]4[C@]3(C)CC[C@@H]12. The molecule has 0 bridgehead atoms. The summed E-state index contributed by atoms with van der Waals surface area (Å²) in [4.78, 5) is 11.4. The highest BCUT2D eigenvalue weighted by atomic mass is 16.3. The standard InChI is InChI=1S/C24H38O2/c1-21(2)10-6-11-22(3)17(21)9-12-23(4)18-8-7-16(15-25)14-24(18,5)20(26)13-19(22)23/h7,15,17-20,26H,6,8-14H2,1-5H3/t17-,18-,19+,20+,22-,23-,24+/m0/s1. The highest BCUT2D eigenvalue weighted by molar-refractivity contribution is 5.73. The summed E-state index contributed by atoms with van der Waals surface area (Å²) >= 11 is 0. The fraction of sp³-hybridized carbons (Fsp3) is 0.875. The Morgan fingerprint density at radius 3 is 2.35 bits per heavy atom. The molecule has 0 radical (unpaired) electrons. The second-order valence-electron chi connectivity index (χ2n) is 11.6. The quantitative estimate of drug-likeness (QED) is 0.625. The fourth-order valence-corrected chi connectivity index (χ4v) is 8.77. The van der Waals surface area contributed by atoms with Gasteiger partial charge in [0.05, 0.1) is 6.10 Å². The largest absolute Gasteiger partial charge is 0.393 e. The first-order chi connectivity index (χ1) is 12.1. The van der Waals surface area contributed by atoms with E-state index in [1.54, 1.807) is 0 Å². The van der Waals surface area contributed by atoms with E-state index in [0.717, 1.165) is 37.0 Å². The molecule has 4 aliphatic rings. The maximum absolute atomic E-state index is 11.4. The number of aldehydes is 1. The summed E-state index contributed by atoms with van der Waals surface area (Å²) in [7, 11) is 0. The van der Waals surface area contributed by atoms with Crippen LogP contribution in [0.25, 0.3) is 0 Å². The Morgan fingerprint density at radius 1 is 0.962 bits per heavy atom. The Bertz CT molecular complexity index is 634. The third-order valence-electron chi connectivity index (χ3n) is 10.0. The van der Waals surface area contributed by atoms with Gasteiger partial charge >= 0.3 is 0 Å². The van der Waals surface area contributed by atoms with E-state index in [2.05, 4.69) is 40.7 Å². The fourth-order valence-electron chi connectivity index (χ4n) is 8.77. The molecule has 3 fully saturated rings. The summed E-state index contributed by atoms with van der Waals surface area (Å²) in [6, 6.07) is 0. The van der Waals surface area contributed by atoms with Gasteiger partial charge in [-0.15, -0.1) is 0 Å². The zero-order valence-electron chi connectivity index (χ0n) is 17.5. The van der Waals surface area contributed by atoms with Crippen molar-refractivity contribution in [2.24, 2.45) is 39.4 Å². The summed E-state index contributed by atoms with van der Waals surface area (Å²) < 4.78 is 0. The summed E-state index contributed by atoms with van der Waals surface area (Å²) in [5, 5.41) is 11.3. The monoisotopic (exact) mass is 358 g/mol. The number of carbonyl (C=O) groups excluding carboxylic acids is 1. The molecule has 0 spiro atoms. The number of hydrogen-bond acceptors (Lipinski definition) is 2. The third-order valence-corrected chi connectivity index (χ3v) is 10.0. The molecule has 4 rings (SSSR count). The molecular formula is C24H38O2. The van der Waals surface area contributed by atoms with Gasteiger partial charge < -0.3 is 5.11 Å². The first-order valence-electron chi connectivity index (χ1n) is 10.9. The van der Waals surface area contributed by atoms with Crippen molar-refractivity contribution < 1.29 is 9.90 Å². The average molecular weight is 359 g/mol. The van der Waals surface area contributed by atoms with Gasteiger partial charge in [-0.05, 0) is 84.5 Å². The van der Waals surface area contributed by atoms with Crippen molar-refractivity contribution in [1.29, 1.82) is 0 Å². The van der Waals surface area contributed by atoms with E-state index in [1.165, 1.54) is 32.1 Å². The Hall–Kier alpha value is -0.630. The highest BCUT2D eigenvalue weighted by Crippen LogP contribution is 2.72. The van der Waals surface area contributed by atoms with Gasteiger partial charge in [0.2, 0.25) is 0 Å². The van der Waals surface area contributed by atoms with E-state index in [0.29, 0.717) is 22.7 Å². The lowest BCUT2D eigenvalue weighted by molar-refractivity contribution is -0.223. The molecule has 0 aromatic rings. The predicted molar refractivity (Wildman–Crippen MR) is 106 cm³/mol. The van der Waals surface area contributed by atoms with E-state index >= 15 is 0 Å². The zero-order valence-corrected chi connectivity index (χ0v) is 17.5. The third kappa shape index (κ3) is 2.30. The Balaban J connectivity index is 1.76. The molecule has 0 aromatic carbocycles. The molecule has 2 nitrogen and oxygen atoms in total. The van der Waals surface area contributed by atoms with Gasteiger partial charge in [-0.1, -0.05) is 47.1 Å². The van der Waals surface area contributed by atoms with Gasteiger partial charge in [0.25, 0.3) is 0 Å². The van der Waals surface area contributed by atoms with Crippen LogP contribution < -0.4 is 0 Å². The molecule has 0 unspecified atom stereocenters. The van der Waals surface area contributed by atoms with Crippen LogP contribution in [0, 0.1) is 39.4 Å². The number of allylic oxidation sites excluding steroid dienone is 2. The average Bonchev–Trinajstić information content (AvgIpc) is 2.56. The lowest BCUT2D eigenvalue weighted by Gasteiger charge is -2.69. The lowest BCUT2D eigenvalue weighted by atomic mass is 9.35. The van der Waals surface area contributed by atoms with E-state index in [9.17, 15) is 9.90 Å². The molecule has 3 saturated carbocycles. The van der Waals surface area contributed by atoms with E-state index in [-0.39, 0.29) is 16.9 Å². The number of aliphatic hydroxyl groups is 1. The first kappa shape index (κ1) is 18.7. The van der Waals surface area contributed by atoms with Gasteiger partial charge in [0, 0.05) is 5.41 Å².